The van der Waals surface area contributed by atoms with E-state index in [2.05, 4.69) is 4.74 Å². The first-order chi connectivity index (χ1) is 10.5. The fourth-order valence-electron chi connectivity index (χ4n) is 1.96. The third kappa shape index (κ3) is 3.73. The Morgan fingerprint density at radius 3 is 2.09 bits per heavy atom. The molecule has 2 rings (SSSR count). The lowest BCUT2D eigenvalue weighted by Crippen LogP contribution is -2.06. The molecule has 2 aromatic rings. The lowest BCUT2D eigenvalue weighted by Gasteiger charge is -2.07. The van der Waals surface area contributed by atoms with Crippen molar-refractivity contribution in [1.82, 2.24) is 0 Å². The zero-order valence-corrected chi connectivity index (χ0v) is 12.9. The van der Waals surface area contributed by atoms with Crippen molar-refractivity contribution in [2.45, 2.75) is 20.5 Å². The van der Waals surface area contributed by atoms with E-state index in [1.54, 1.807) is 30.3 Å². The van der Waals surface area contributed by atoms with Gasteiger partial charge in [-0.1, -0.05) is 18.2 Å². The zero-order chi connectivity index (χ0) is 16.1. The van der Waals surface area contributed by atoms with Crippen LogP contribution in [0.2, 0.25) is 0 Å². The summed E-state index contributed by atoms with van der Waals surface area (Å²) in [5, 5.41) is 0. The van der Waals surface area contributed by atoms with E-state index in [0.29, 0.717) is 11.1 Å². The lowest BCUT2D eigenvalue weighted by molar-refractivity contribution is 0.0471. The van der Waals surface area contributed by atoms with Gasteiger partial charge in [0.25, 0.3) is 0 Å². The Morgan fingerprint density at radius 1 is 0.864 bits per heavy atom. The van der Waals surface area contributed by atoms with Gasteiger partial charge in [0.1, 0.15) is 6.61 Å². The maximum absolute atomic E-state index is 12.0. The van der Waals surface area contributed by atoms with Crippen LogP contribution in [0.3, 0.4) is 0 Å². The van der Waals surface area contributed by atoms with Gasteiger partial charge in [-0.25, -0.2) is 9.59 Å². The number of ether oxygens (including phenoxy) is 2. The van der Waals surface area contributed by atoms with Crippen molar-refractivity contribution in [2.24, 2.45) is 0 Å². The Bertz CT molecular complexity index is 687. The molecule has 0 aliphatic heterocycles. The fraction of sp³-hybridized carbons (Fsp3) is 0.222. The summed E-state index contributed by atoms with van der Waals surface area (Å²) in [6.07, 6.45) is 0. The van der Waals surface area contributed by atoms with E-state index in [4.69, 9.17) is 4.74 Å². The van der Waals surface area contributed by atoms with Gasteiger partial charge in [0.15, 0.2) is 0 Å². The monoisotopic (exact) mass is 298 g/mol. The molecule has 0 amide bonds. The van der Waals surface area contributed by atoms with E-state index >= 15 is 0 Å². The molecule has 114 valence electrons. The summed E-state index contributed by atoms with van der Waals surface area (Å²) in [4.78, 5) is 23.3. The Morgan fingerprint density at radius 2 is 1.50 bits per heavy atom. The van der Waals surface area contributed by atoms with Crippen LogP contribution in [0, 0.1) is 13.8 Å². The van der Waals surface area contributed by atoms with Crippen LogP contribution in [0.25, 0.3) is 0 Å². The number of benzene rings is 2. The molecule has 0 unspecified atom stereocenters. The molecular formula is C18H18O4. The molecule has 4 nitrogen and oxygen atoms in total. The van der Waals surface area contributed by atoms with Crippen LogP contribution in [-0.2, 0) is 16.1 Å². The van der Waals surface area contributed by atoms with Crippen molar-refractivity contribution in [3.8, 4) is 0 Å². The van der Waals surface area contributed by atoms with E-state index in [-0.39, 0.29) is 12.6 Å². The fourth-order valence-corrected chi connectivity index (χ4v) is 1.96. The number of carbonyl (C=O) groups is 2. The van der Waals surface area contributed by atoms with E-state index in [1.165, 1.54) is 7.11 Å². The summed E-state index contributed by atoms with van der Waals surface area (Å²) < 4.78 is 9.91. The second kappa shape index (κ2) is 6.89. The Balaban J connectivity index is 1.98. The largest absolute Gasteiger partial charge is 0.465 e. The first kappa shape index (κ1) is 15.8. The van der Waals surface area contributed by atoms with Gasteiger partial charge in [-0.3, -0.25) is 0 Å². The average molecular weight is 298 g/mol. The third-order valence-corrected chi connectivity index (χ3v) is 3.49. The highest BCUT2D eigenvalue weighted by Gasteiger charge is 2.09. The van der Waals surface area contributed by atoms with Gasteiger partial charge in [0, 0.05) is 0 Å². The molecule has 0 heterocycles. The summed E-state index contributed by atoms with van der Waals surface area (Å²) in [5.74, 6) is -0.751. The van der Waals surface area contributed by atoms with Crippen LogP contribution in [0.4, 0.5) is 0 Å². The van der Waals surface area contributed by atoms with E-state index in [9.17, 15) is 9.59 Å². The van der Waals surface area contributed by atoms with Crippen molar-refractivity contribution in [3.05, 3.63) is 70.3 Å². The minimum Gasteiger partial charge on any atom is -0.465 e. The maximum atomic E-state index is 12.0. The minimum absolute atomic E-state index is 0.160. The molecule has 0 saturated heterocycles. The molecule has 0 aliphatic carbocycles. The molecule has 0 bridgehead atoms. The predicted octanol–water partition coefficient (Wildman–Crippen LogP) is 3.45. The van der Waals surface area contributed by atoms with Gasteiger partial charge < -0.3 is 9.47 Å². The van der Waals surface area contributed by atoms with Crippen molar-refractivity contribution >= 4 is 11.9 Å². The zero-order valence-electron chi connectivity index (χ0n) is 12.9. The van der Waals surface area contributed by atoms with E-state index in [1.807, 2.05) is 26.0 Å². The molecule has 2 aromatic carbocycles. The van der Waals surface area contributed by atoms with Gasteiger partial charge in [-0.05, 0) is 54.8 Å². The van der Waals surface area contributed by atoms with Crippen LogP contribution in [0.5, 0.6) is 0 Å². The molecule has 0 aromatic heterocycles. The quantitative estimate of drug-likeness (QED) is 0.811. The van der Waals surface area contributed by atoms with Crippen LogP contribution >= 0.6 is 0 Å². The molecule has 0 spiro atoms. The van der Waals surface area contributed by atoms with Gasteiger partial charge in [-0.15, -0.1) is 0 Å². The highest BCUT2D eigenvalue weighted by atomic mass is 16.5. The summed E-state index contributed by atoms with van der Waals surface area (Å²) >= 11 is 0. The second-order valence-corrected chi connectivity index (χ2v) is 5.06. The normalized spacial score (nSPS) is 10.1. The smallest absolute Gasteiger partial charge is 0.338 e. The first-order valence-corrected chi connectivity index (χ1v) is 6.93. The number of carbonyl (C=O) groups excluding carboxylic acids is 2. The number of hydrogen-bond donors (Lipinski definition) is 0. The van der Waals surface area contributed by atoms with E-state index < -0.39 is 5.97 Å². The van der Waals surface area contributed by atoms with Crippen molar-refractivity contribution in [1.29, 1.82) is 0 Å². The molecule has 0 atom stereocenters. The van der Waals surface area contributed by atoms with Gasteiger partial charge in [0.05, 0.1) is 18.2 Å². The Kier molecular flexibility index (Phi) is 4.94. The highest BCUT2D eigenvalue weighted by Crippen LogP contribution is 2.12. The third-order valence-electron chi connectivity index (χ3n) is 3.49. The first-order valence-electron chi connectivity index (χ1n) is 6.93. The number of esters is 2. The van der Waals surface area contributed by atoms with Gasteiger partial charge in [-0.2, -0.15) is 0 Å². The number of rotatable bonds is 4. The number of methoxy groups -OCH3 is 1. The predicted molar refractivity (Wildman–Crippen MR) is 82.8 cm³/mol. The lowest BCUT2D eigenvalue weighted by atomic mass is 10.1. The molecule has 0 N–H and O–H groups in total. The minimum atomic E-state index is -0.390. The van der Waals surface area contributed by atoms with Crippen LogP contribution in [0.15, 0.2) is 42.5 Å². The molecule has 22 heavy (non-hydrogen) atoms. The maximum Gasteiger partial charge on any atom is 0.338 e. The molecule has 4 heteroatoms. The Hall–Kier alpha value is -2.62. The summed E-state index contributed by atoms with van der Waals surface area (Å²) in [5.41, 5.74) is 4.00. The summed E-state index contributed by atoms with van der Waals surface area (Å²) in [6.45, 7) is 4.11. The van der Waals surface area contributed by atoms with E-state index in [0.717, 1.165) is 16.7 Å². The number of hydrogen-bond acceptors (Lipinski definition) is 4. The van der Waals surface area contributed by atoms with Gasteiger partial charge in [0.2, 0.25) is 0 Å². The SMILES string of the molecule is COC(=O)c1ccc(COC(=O)c2ccc(C)c(C)c2)cc1. The van der Waals surface area contributed by atoms with Crippen molar-refractivity contribution in [2.75, 3.05) is 7.11 Å². The molecule has 0 saturated carbocycles. The molecule has 0 fully saturated rings. The summed E-state index contributed by atoms with van der Waals surface area (Å²) in [6, 6.07) is 12.2. The Labute approximate surface area is 129 Å². The van der Waals surface area contributed by atoms with Crippen molar-refractivity contribution in [3.63, 3.8) is 0 Å². The topological polar surface area (TPSA) is 52.6 Å². The summed E-state index contributed by atoms with van der Waals surface area (Å²) in [7, 11) is 1.33. The van der Waals surface area contributed by atoms with Crippen LogP contribution < -0.4 is 0 Å². The van der Waals surface area contributed by atoms with Crippen LogP contribution in [0.1, 0.15) is 37.4 Å². The molecule has 0 radical (unpaired) electrons. The highest BCUT2D eigenvalue weighted by molar-refractivity contribution is 5.90. The van der Waals surface area contributed by atoms with Crippen LogP contribution in [-0.4, -0.2) is 19.0 Å². The average Bonchev–Trinajstić information content (AvgIpc) is 2.54. The second-order valence-electron chi connectivity index (χ2n) is 5.06. The molecular weight excluding hydrogens is 280 g/mol. The molecule has 0 aliphatic rings. The number of aryl methyl sites for hydroxylation is 2. The van der Waals surface area contributed by atoms with Crippen molar-refractivity contribution < 1.29 is 19.1 Å². The standard InChI is InChI=1S/C18H18O4/c1-12-4-7-16(10-13(12)2)18(20)22-11-14-5-8-15(9-6-14)17(19)21-3/h4-10H,11H2,1-3H3. The van der Waals surface area contributed by atoms with Gasteiger partial charge >= 0.3 is 11.9 Å².